The molecule has 0 heterocycles. The summed E-state index contributed by atoms with van der Waals surface area (Å²) in [5.74, 6) is 0. The summed E-state index contributed by atoms with van der Waals surface area (Å²) in [6.07, 6.45) is 0. The SMILES string of the molecule is CC(Nc1ccc(Br)cc1Br)c1ccc(C(C)(C)C)cc1. The Bertz CT molecular complexity index is 612. The number of halogens is 2. The maximum Gasteiger partial charge on any atom is 0.0490 e. The number of anilines is 1. The van der Waals surface area contributed by atoms with Crippen molar-refractivity contribution in [2.45, 2.75) is 39.2 Å². The van der Waals surface area contributed by atoms with Crippen LogP contribution in [-0.4, -0.2) is 0 Å². The summed E-state index contributed by atoms with van der Waals surface area (Å²) in [5, 5.41) is 3.54. The lowest BCUT2D eigenvalue weighted by Crippen LogP contribution is -2.12. The van der Waals surface area contributed by atoms with E-state index in [1.54, 1.807) is 0 Å². The van der Waals surface area contributed by atoms with Gasteiger partial charge in [-0.1, -0.05) is 61.0 Å². The zero-order valence-corrected chi connectivity index (χ0v) is 16.0. The first kappa shape index (κ1) is 16.6. The minimum Gasteiger partial charge on any atom is -0.378 e. The summed E-state index contributed by atoms with van der Waals surface area (Å²) in [7, 11) is 0. The molecule has 2 aromatic rings. The van der Waals surface area contributed by atoms with Crippen LogP contribution in [0.4, 0.5) is 5.69 Å². The molecule has 0 aliphatic heterocycles. The van der Waals surface area contributed by atoms with Crippen molar-refractivity contribution in [3.8, 4) is 0 Å². The zero-order valence-electron chi connectivity index (χ0n) is 12.9. The highest BCUT2D eigenvalue weighted by atomic mass is 79.9. The van der Waals surface area contributed by atoms with Crippen molar-refractivity contribution in [1.29, 1.82) is 0 Å². The molecule has 0 aliphatic carbocycles. The van der Waals surface area contributed by atoms with E-state index in [9.17, 15) is 0 Å². The van der Waals surface area contributed by atoms with Crippen LogP contribution < -0.4 is 5.32 Å². The van der Waals surface area contributed by atoms with Gasteiger partial charge >= 0.3 is 0 Å². The van der Waals surface area contributed by atoms with Gasteiger partial charge in [0, 0.05) is 20.7 Å². The van der Waals surface area contributed by atoms with E-state index in [4.69, 9.17) is 0 Å². The normalized spacial score (nSPS) is 13.0. The Hall–Kier alpha value is -0.800. The fourth-order valence-corrected chi connectivity index (χ4v) is 3.36. The lowest BCUT2D eigenvalue weighted by Gasteiger charge is -2.21. The van der Waals surface area contributed by atoms with Gasteiger partial charge in [0.1, 0.15) is 0 Å². The number of benzene rings is 2. The monoisotopic (exact) mass is 409 g/mol. The lowest BCUT2D eigenvalue weighted by atomic mass is 9.86. The van der Waals surface area contributed by atoms with Crippen LogP contribution in [0.15, 0.2) is 51.4 Å². The molecular formula is C18H21Br2N. The average Bonchev–Trinajstić information content (AvgIpc) is 2.41. The van der Waals surface area contributed by atoms with E-state index < -0.39 is 0 Å². The highest BCUT2D eigenvalue weighted by molar-refractivity contribution is 9.11. The topological polar surface area (TPSA) is 12.0 Å². The number of hydrogen-bond acceptors (Lipinski definition) is 1. The molecule has 0 radical (unpaired) electrons. The maximum absolute atomic E-state index is 3.59. The van der Waals surface area contributed by atoms with Crippen LogP contribution in [0, 0.1) is 0 Å². The van der Waals surface area contributed by atoms with Crippen molar-refractivity contribution in [2.75, 3.05) is 5.32 Å². The predicted octanol–water partition coefficient (Wildman–Crippen LogP) is 6.68. The van der Waals surface area contributed by atoms with Gasteiger partial charge in [-0.3, -0.25) is 0 Å². The first-order chi connectivity index (χ1) is 9.77. The van der Waals surface area contributed by atoms with Crippen LogP contribution in [-0.2, 0) is 5.41 Å². The second-order valence-electron chi connectivity index (χ2n) is 6.36. The standard InChI is InChI=1S/C18H21Br2N/c1-12(21-17-10-9-15(19)11-16(17)20)13-5-7-14(8-6-13)18(2,3)4/h5-12,21H,1-4H3. The Kier molecular flexibility index (Phi) is 5.15. The van der Waals surface area contributed by atoms with Gasteiger partial charge in [0.25, 0.3) is 0 Å². The molecule has 0 saturated carbocycles. The van der Waals surface area contributed by atoms with Gasteiger partial charge in [0.2, 0.25) is 0 Å². The second kappa shape index (κ2) is 6.53. The first-order valence-electron chi connectivity index (χ1n) is 7.09. The van der Waals surface area contributed by atoms with E-state index in [1.165, 1.54) is 11.1 Å². The van der Waals surface area contributed by atoms with Crippen molar-refractivity contribution in [2.24, 2.45) is 0 Å². The van der Waals surface area contributed by atoms with Crippen LogP contribution in [0.2, 0.25) is 0 Å². The molecule has 0 aromatic heterocycles. The molecule has 112 valence electrons. The molecule has 0 aliphatic rings. The third kappa shape index (κ3) is 4.33. The average molecular weight is 411 g/mol. The smallest absolute Gasteiger partial charge is 0.0490 e. The Morgan fingerprint density at radius 2 is 1.57 bits per heavy atom. The minimum absolute atomic E-state index is 0.198. The number of rotatable bonds is 3. The number of hydrogen-bond donors (Lipinski definition) is 1. The van der Waals surface area contributed by atoms with Gasteiger partial charge in [-0.05, 0) is 57.6 Å². The Labute approximate surface area is 144 Å². The lowest BCUT2D eigenvalue weighted by molar-refractivity contribution is 0.589. The Morgan fingerprint density at radius 3 is 2.10 bits per heavy atom. The molecule has 1 N–H and O–H groups in total. The van der Waals surface area contributed by atoms with Gasteiger partial charge in [-0.25, -0.2) is 0 Å². The molecular weight excluding hydrogens is 390 g/mol. The Morgan fingerprint density at radius 1 is 0.952 bits per heavy atom. The van der Waals surface area contributed by atoms with Gasteiger partial charge in [0.05, 0.1) is 0 Å². The van der Waals surface area contributed by atoms with E-state index in [-0.39, 0.29) is 11.5 Å². The highest BCUT2D eigenvalue weighted by Gasteiger charge is 2.14. The molecule has 0 amide bonds. The van der Waals surface area contributed by atoms with E-state index in [0.717, 1.165) is 14.6 Å². The molecule has 2 rings (SSSR count). The van der Waals surface area contributed by atoms with E-state index >= 15 is 0 Å². The quantitative estimate of drug-likeness (QED) is 0.594. The molecule has 0 fully saturated rings. The van der Waals surface area contributed by atoms with Gasteiger partial charge in [-0.2, -0.15) is 0 Å². The molecule has 2 aromatic carbocycles. The molecule has 1 atom stereocenters. The van der Waals surface area contributed by atoms with Gasteiger partial charge in [-0.15, -0.1) is 0 Å². The predicted molar refractivity (Wildman–Crippen MR) is 99.0 cm³/mol. The fourth-order valence-electron chi connectivity index (χ4n) is 2.19. The van der Waals surface area contributed by atoms with Crippen LogP contribution in [0.25, 0.3) is 0 Å². The Balaban J connectivity index is 2.15. The number of nitrogens with one attached hydrogen (secondary N) is 1. The molecule has 1 unspecified atom stereocenters. The van der Waals surface area contributed by atoms with Gasteiger partial charge in [0.15, 0.2) is 0 Å². The van der Waals surface area contributed by atoms with Crippen LogP contribution in [0.1, 0.15) is 44.9 Å². The van der Waals surface area contributed by atoms with Crippen molar-refractivity contribution >= 4 is 37.5 Å². The van der Waals surface area contributed by atoms with Gasteiger partial charge < -0.3 is 5.32 Å². The summed E-state index contributed by atoms with van der Waals surface area (Å²) in [6.45, 7) is 8.90. The minimum atomic E-state index is 0.198. The zero-order chi connectivity index (χ0) is 15.6. The maximum atomic E-state index is 3.59. The third-order valence-electron chi connectivity index (χ3n) is 3.58. The second-order valence-corrected chi connectivity index (χ2v) is 8.13. The molecule has 0 bridgehead atoms. The van der Waals surface area contributed by atoms with Crippen LogP contribution >= 0.6 is 31.9 Å². The molecule has 21 heavy (non-hydrogen) atoms. The van der Waals surface area contributed by atoms with E-state index in [1.807, 2.05) is 6.07 Å². The summed E-state index contributed by atoms with van der Waals surface area (Å²) in [4.78, 5) is 0. The van der Waals surface area contributed by atoms with Crippen LogP contribution in [0.3, 0.4) is 0 Å². The molecule has 3 heteroatoms. The summed E-state index contributed by atoms with van der Waals surface area (Å²) in [6, 6.07) is 15.3. The van der Waals surface area contributed by atoms with Crippen molar-refractivity contribution < 1.29 is 0 Å². The van der Waals surface area contributed by atoms with E-state index in [2.05, 4.69) is 101 Å². The molecule has 0 spiro atoms. The molecule has 0 saturated heterocycles. The highest BCUT2D eigenvalue weighted by Crippen LogP contribution is 2.30. The summed E-state index contributed by atoms with van der Waals surface area (Å²) in [5.41, 5.74) is 3.95. The van der Waals surface area contributed by atoms with E-state index in [0.29, 0.717) is 0 Å². The van der Waals surface area contributed by atoms with Crippen molar-refractivity contribution in [3.63, 3.8) is 0 Å². The molecule has 1 nitrogen and oxygen atoms in total. The van der Waals surface area contributed by atoms with Crippen LogP contribution in [0.5, 0.6) is 0 Å². The first-order valence-corrected chi connectivity index (χ1v) is 8.68. The summed E-state index contributed by atoms with van der Waals surface area (Å²) >= 11 is 7.07. The largest absolute Gasteiger partial charge is 0.378 e. The third-order valence-corrected chi connectivity index (χ3v) is 4.73. The summed E-state index contributed by atoms with van der Waals surface area (Å²) < 4.78 is 2.14. The fraction of sp³-hybridized carbons (Fsp3) is 0.333. The van der Waals surface area contributed by atoms with Crippen molar-refractivity contribution in [1.82, 2.24) is 0 Å². The van der Waals surface area contributed by atoms with Crippen molar-refractivity contribution in [3.05, 3.63) is 62.5 Å².